The number of nitrogens with zero attached hydrogens (tertiary/aromatic N) is 1. The van der Waals surface area contributed by atoms with E-state index in [0.717, 1.165) is 5.69 Å². The molecule has 0 aromatic carbocycles. The van der Waals surface area contributed by atoms with Crippen molar-refractivity contribution >= 4 is 22.0 Å². The van der Waals surface area contributed by atoms with E-state index in [1.165, 1.54) is 22.3 Å². The van der Waals surface area contributed by atoms with Crippen molar-refractivity contribution in [1.29, 1.82) is 0 Å². The van der Waals surface area contributed by atoms with E-state index in [1.807, 2.05) is 6.07 Å². The SMILES string of the molecule is CC1=CC2=Cc3n[c-]ccc3C(Br)C2=C1.[Cl-].[Cl-].[Cl-].[Zr+4]. The van der Waals surface area contributed by atoms with Gasteiger partial charge in [0.05, 0.1) is 0 Å². The summed E-state index contributed by atoms with van der Waals surface area (Å²) in [5.74, 6) is 0. The Morgan fingerprint density at radius 1 is 1.16 bits per heavy atom. The fraction of sp³-hybridized carbons (Fsp3) is 0.154. The minimum Gasteiger partial charge on any atom is -1.00 e. The van der Waals surface area contributed by atoms with Crippen LogP contribution in [0.3, 0.4) is 0 Å². The molecular weight excluding hydrogens is 448 g/mol. The van der Waals surface area contributed by atoms with Crippen molar-refractivity contribution in [2.75, 3.05) is 0 Å². The third kappa shape index (κ3) is 4.05. The van der Waals surface area contributed by atoms with Crippen molar-refractivity contribution in [1.82, 2.24) is 4.98 Å². The first kappa shape index (κ1) is 21.9. The zero-order valence-corrected chi connectivity index (χ0v) is 16.2. The van der Waals surface area contributed by atoms with E-state index in [-0.39, 0.29) is 68.3 Å². The Morgan fingerprint density at radius 2 is 1.84 bits per heavy atom. The Balaban J connectivity index is 0. The average Bonchev–Trinajstić information content (AvgIpc) is 2.59. The van der Waals surface area contributed by atoms with E-state index in [4.69, 9.17) is 0 Å². The molecule has 19 heavy (non-hydrogen) atoms. The average molecular weight is 457 g/mol. The van der Waals surface area contributed by atoms with Crippen LogP contribution in [0.4, 0.5) is 0 Å². The standard InChI is InChI=1S/C13H9BrN.3ClH.Zr/c1-8-5-9-7-12-10(3-2-4-15-12)13(14)11(9)6-8;;;;/h2-3,5-7,13H,1H3;3*1H;/q-1;;;;+4/p-3. The molecule has 0 bridgehead atoms. The van der Waals surface area contributed by atoms with Crippen molar-refractivity contribution in [3.8, 4) is 0 Å². The third-order valence-corrected chi connectivity index (χ3v) is 3.74. The summed E-state index contributed by atoms with van der Waals surface area (Å²) in [6, 6.07) is 3.94. The Kier molecular flexibility index (Phi) is 10.1. The van der Waals surface area contributed by atoms with Gasteiger partial charge in [0.15, 0.2) is 0 Å². The summed E-state index contributed by atoms with van der Waals surface area (Å²) >= 11 is 3.73. The van der Waals surface area contributed by atoms with Crippen LogP contribution in [-0.2, 0) is 26.2 Å². The van der Waals surface area contributed by atoms with Gasteiger partial charge in [0, 0.05) is 4.83 Å². The van der Waals surface area contributed by atoms with Gasteiger partial charge in [-0.15, -0.1) is 5.56 Å². The quantitative estimate of drug-likeness (QED) is 0.281. The summed E-state index contributed by atoms with van der Waals surface area (Å²) < 4.78 is 0. The van der Waals surface area contributed by atoms with Crippen molar-refractivity contribution in [2.45, 2.75) is 11.8 Å². The van der Waals surface area contributed by atoms with Crippen LogP contribution in [0.1, 0.15) is 23.0 Å². The van der Waals surface area contributed by atoms with Crippen molar-refractivity contribution in [3.05, 3.63) is 58.5 Å². The maximum Gasteiger partial charge on any atom is 4.00 e. The second kappa shape index (κ2) is 8.79. The zero-order chi connectivity index (χ0) is 10.4. The number of hydrogen-bond donors (Lipinski definition) is 0. The summed E-state index contributed by atoms with van der Waals surface area (Å²) in [5, 5.41) is 0. The molecule has 2 aliphatic carbocycles. The number of allylic oxidation sites excluding steroid dienone is 5. The fourth-order valence-corrected chi connectivity index (χ4v) is 2.86. The number of alkyl halides is 1. The van der Waals surface area contributed by atoms with Gasteiger partial charge in [-0.3, -0.25) is 0 Å². The molecule has 1 aromatic heterocycles. The van der Waals surface area contributed by atoms with Crippen molar-refractivity contribution in [3.63, 3.8) is 0 Å². The predicted octanol–water partition coefficient (Wildman–Crippen LogP) is -5.39. The molecule has 1 unspecified atom stereocenters. The smallest absolute Gasteiger partial charge is 1.00 e. The van der Waals surface area contributed by atoms with E-state index >= 15 is 0 Å². The van der Waals surface area contributed by atoms with E-state index in [9.17, 15) is 0 Å². The van der Waals surface area contributed by atoms with Crippen LogP contribution in [0, 0.1) is 6.20 Å². The van der Waals surface area contributed by atoms with Gasteiger partial charge < -0.3 is 42.2 Å². The summed E-state index contributed by atoms with van der Waals surface area (Å²) in [4.78, 5) is 4.53. The van der Waals surface area contributed by atoms with Gasteiger partial charge in [0.1, 0.15) is 0 Å². The summed E-state index contributed by atoms with van der Waals surface area (Å²) in [7, 11) is 0. The number of halogens is 4. The van der Waals surface area contributed by atoms with Crippen LogP contribution in [0.25, 0.3) is 6.08 Å². The first-order valence-corrected chi connectivity index (χ1v) is 5.80. The Labute approximate surface area is 159 Å². The predicted molar refractivity (Wildman–Crippen MR) is 64.6 cm³/mol. The molecule has 1 heterocycles. The number of fused-ring (bicyclic) bond motifs is 2. The molecule has 0 saturated carbocycles. The van der Waals surface area contributed by atoms with Crippen LogP contribution in [-0.4, -0.2) is 4.98 Å². The Hall–Kier alpha value is 0.603. The van der Waals surface area contributed by atoms with Crippen LogP contribution in [0.5, 0.6) is 0 Å². The summed E-state index contributed by atoms with van der Waals surface area (Å²) in [5.41, 5.74) is 6.17. The molecule has 0 fully saturated rings. The van der Waals surface area contributed by atoms with E-state index in [1.54, 1.807) is 0 Å². The largest absolute Gasteiger partial charge is 4.00 e. The molecule has 0 saturated heterocycles. The van der Waals surface area contributed by atoms with E-state index < -0.39 is 0 Å². The molecule has 1 nitrogen and oxygen atoms in total. The first-order valence-electron chi connectivity index (χ1n) is 4.89. The number of aromatic nitrogens is 1. The molecule has 0 aliphatic heterocycles. The maximum atomic E-state index is 4.27. The van der Waals surface area contributed by atoms with Crippen LogP contribution < -0.4 is 37.2 Å². The van der Waals surface area contributed by atoms with E-state index in [0.29, 0.717) is 0 Å². The Bertz CT molecular complexity index is 540. The van der Waals surface area contributed by atoms with Gasteiger partial charge in [-0.05, 0) is 23.8 Å². The molecule has 98 valence electrons. The monoisotopic (exact) mass is 453 g/mol. The molecule has 0 amide bonds. The van der Waals surface area contributed by atoms with Gasteiger partial charge in [-0.1, -0.05) is 45.9 Å². The van der Waals surface area contributed by atoms with Crippen molar-refractivity contribution < 1.29 is 63.4 Å². The van der Waals surface area contributed by atoms with E-state index in [2.05, 4.69) is 58.3 Å². The number of hydrogen-bond acceptors (Lipinski definition) is 1. The molecule has 6 heteroatoms. The number of rotatable bonds is 0. The van der Waals surface area contributed by atoms with Crippen molar-refractivity contribution in [2.24, 2.45) is 0 Å². The molecular formula is C13H9BrCl3NZr. The fourth-order valence-electron chi connectivity index (χ4n) is 2.07. The van der Waals surface area contributed by atoms with Crippen LogP contribution in [0.15, 0.2) is 41.0 Å². The van der Waals surface area contributed by atoms with Gasteiger partial charge in [0.25, 0.3) is 0 Å². The topological polar surface area (TPSA) is 12.9 Å². The molecule has 3 rings (SSSR count). The summed E-state index contributed by atoms with van der Waals surface area (Å²) in [6.07, 6.45) is 9.43. The minimum atomic E-state index is 0. The first-order chi connectivity index (χ1) is 7.25. The molecule has 1 aromatic rings. The zero-order valence-electron chi connectivity index (χ0n) is 9.92. The molecule has 0 radical (unpaired) electrons. The normalized spacial score (nSPS) is 17.8. The van der Waals surface area contributed by atoms with Gasteiger partial charge in [-0.25, -0.2) is 0 Å². The minimum absolute atomic E-state index is 0. The second-order valence-corrected chi connectivity index (χ2v) is 4.78. The Morgan fingerprint density at radius 3 is 2.53 bits per heavy atom. The molecule has 0 N–H and O–H groups in total. The molecule has 2 aliphatic rings. The van der Waals surface area contributed by atoms with Gasteiger partial charge >= 0.3 is 26.2 Å². The van der Waals surface area contributed by atoms with Gasteiger partial charge in [0.2, 0.25) is 0 Å². The second-order valence-electron chi connectivity index (χ2n) is 3.87. The maximum absolute atomic E-state index is 4.27. The summed E-state index contributed by atoms with van der Waals surface area (Å²) in [6.45, 7) is 2.12. The van der Waals surface area contributed by atoms with Crippen LogP contribution in [0.2, 0.25) is 0 Å². The van der Waals surface area contributed by atoms with Gasteiger partial charge in [-0.2, -0.15) is 12.1 Å². The third-order valence-electron chi connectivity index (χ3n) is 2.76. The number of pyridine rings is 1. The molecule has 0 spiro atoms. The van der Waals surface area contributed by atoms with Crippen LogP contribution >= 0.6 is 15.9 Å². The molecule has 1 atom stereocenters.